The van der Waals surface area contributed by atoms with Crippen LogP contribution < -0.4 is 10.1 Å². The van der Waals surface area contributed by atoms with Gasteiger partial charge in [-0.3, -0.25) is 4.79 Å². The second kappa shape index (κ2) is 6.23. The van der Waals surface area contributed by atoms with Crippen molar-refractivity contribution in [3.05, 3.63) is 23.9 Å². The summed E-state index contributed by atoms with van der Waals surface area (Å²) in [4.78, 5) is 15.3. The van der Waals surface area contributed by atoms with Crippen LogP contribution >= 0.6 is 0 Å². The van der Waals surface area contributed by atoms with Gasteiger partial charge in [-0.05, 0) is 18.6 Å². The number of carbonyl (C=O) groups excluding carboxylic acids is 1. The van der Waals surface area contributed by atoms with E-state index in [1.807, 2.05) is 6.92 Å². The van der Waals surface area contributed by atoms with Crippen molar-refractivity contribution in [1.82, 2.24) is 10.3 Å². The van der Waals surface area contributed by atoms with E-state index < -0.39 is 18.7 Å². The maximum atomic E-state index is 12.0. The van der Waals surface area contributed by atoms with E-state index in [0.29, 0.717) is 6.54 Å². The predicted octanol–water partition coefficient (Wildman–Crippen LogP) is 2.16. The molecule has 1 aromatic rings. The first-order chi connectivity index (χ1) is 8.44. The molecule has 0 aliphatic rings. The average molecular weight is 262 g/mol. The molecule has 1 heterocycles. The molecule has 0 saturated carbocycles. The lowest BCUT2D eigenvalue weighted by molar-refractivity contribution is -0.154. The first-order valence-corrected chi connectivity index (χ1v) is 5.37. The molecule has 0 fully saturated rings. The highest BCUT2D eigenvalue weighted by Gasteiger charge is 2.29. The van der Waals surface area contributed by atoms with Gasteiger partial charge in [-0.15, -0.1) is 0 Å². The molecule has 0 aromatic carbocycles. The fourth-order valence-electron chi connectivity index (χ4n) is 1.16. The Morgan fingerprint density at radius 2 is 2.22 bits per heavy atom. The van der Waals surface area contributed by atoms with Crippen LogP contribution in [0.25, 0.3) is 0 Å². The van der Waals surface area contributed by atoms with E-state index in [2.05, 4.69) is 15.0 Å². The van der Waals surface area contributed by atoms with Crippen LogP contribution in [0.1, 0.15) is 23.7 Å². The fourth-order valence-corrected chi connectivity index (χ4v) is 1.16. The van der Waals surface area contributed by atoms with Gasteiger partial charge < -0.3 is 10.1 Å². The van der Waals surface area contributed by atoms with Gasteiger partial charge in [-0.25, -0.2) is 4.98 Å². The third-order valence-electron chi connectivity index (χ3n) is 1.92. The summed E-state index contributed by atoms with van der Waals surface area (Å²) >= 11 is 0. The topological polar surface area (TPSA) is 51.2 Å². The van der Waals surface area contributed by atoms with Crippen molar-refractivity contribution in [3.8, 4) is 5.88 Å². The summed E-state index contributed by atoms with van der Waals surface area (Å²) < 4.78 is 40.6. The molecular formula is C11H13F3N2O2. The second-order valence-electron chi connectivity index (χ2n) is 3.52. The maximum Gasteiger partial charge on any atom is 0.422 e. The van der Waals surface area contributed by atoms with Gasteiger partial charge in [-0.2, -0.15) is 13.2 Å². The predicted molar refractivity (Wildman–Crippen MR) is 58.4 cm³/mol. The molecule has 0 unspecified atom stereocenters. The van der Waals surface area contributed by atoms with Crippen molar-refractivity contribution in [2.75, 3.05) is 13.2 Å². The Morgan fingerprint density at radius 3 is 2.83 bits per heavy atom. The molecule has 0 radical (unpaired) electrons. The molecule has 0 saturated heterocycles. The van der Waals surface area contributed by atoms with Crippen LogP contribution in [0, 0.1) is 0 Å². The summed E-state index contributed by atoms with van der Waals surface area (Å²) in [6.07, 6.45) is -2.47. The van der Waals surface area contributed by atoms with Crippen LogP contribution in [0.15, 0.2) is 18.3 Å². The Bertz CT molecular complexity index is 408. The van der Waals surface area contributed by atoms with E-state index in [4.69, 9.17) is 0 Å². The van der Waals surface area contributed by atoms with Gasteiger partial charge in [0.25, 0.3) is 5.91 Å². The molecule has 0 aliphatic heterocycles. The number of hydrogen-bond acceptors (Lipinski definition) is 3. The number of nitrogens with zero attached hydrogens (tertiary/aromatic N) is 1. The van der Waals surface area contributed by atoms with Crippen molar-refractivity contribution in [2.24, 2.45) is 0 Å². The van der Waals surface area contributed by atoms with E-state index in [9.17, 15) is 18.0 Å². The SMILES string of the molecule is CCCNC(=O)c1cccnc1OCC(F)(F)F. The number of amides is 1. The van der Waals surface area contributed by atoms with Gasteiger partial charge in [0.1, 0.15) is 5.56 Å². The van der Waals surface area contributed by atoms with Crippen LogP contribution in [-0.2, 0) is 0 Å². The highest BCUT2D eigenvalue weighted by atomic mass is 19.4. The van der Waals surface area contributed by atoms with Gasteiger partial charge in [0, 0.05) is 12.7 Å². The first-order valence-electron chi connectivity index (χ1n) is 5.37. The number of hydrogen-bond donors (Lipinski definition) is 1. The summed E-state index contributed by atoms with van der Waals surface area (Å²) in [6.45, 7) is 0.828. The number of aromatic nitrogens is 1. The molecule has 1 amide bonds. The number of rotatable bonds is 5. The highest BCUT2D eigenvalue weighted by molar-refractivity contribution is 5.96. The van der Waals surface area contributed by atoms with E-state index >= 15 is 0 Å². The van der Waals surface area contributed by atoms with Crippen molar-refractivity contribution >= 4 is 5.91 Å². The van der Waals surface area contributed by atoms with E-state index in [1.54, 1.807) is 0 Å². The zero-order valence-corrected chi connectivity index (χ0v) is 9.75. The monoisotopic (exact) mass is 262 g/mol. The Morgan fingerprint density at radius 1 is 1.50 bits per heavy atom. The van der Waals surface area contributed by atoms with Gasteiger partial charge in [0.05, 0.1) is 0 Å². The molecule has 18 heavy (non-hydrogen) atoms. The number of halogens is 3. The summed E-state index contributed by atoms with van der Waals surface area (Å²) in [6, 6.07) is 2.82. The maximum absolute atomic E-state index is 12.0. The van der Waals surface area contributed by atoms with Gasteiger partial charge in [0.15, 0.2) is 6.61 Å². The summed E-state index contributed by atoms with van der Waals surface area (Å²) in [5, 5.41) is 2.55. The van der Waals surface area contributed by atoms with Crippen LogP contribution in [0.3, 0.4) is 0 Å². The van der Waals surface area contributed by atoms with E-state index in [-0.39, 0.29) is 11.4 Å². The van der Waals surface area contributed by atoms with Crippen LogP contribution in [0.2, 0.25) is 0 Å². The minimum Gasteiger partial charge on any atom is -0.467 e. The highest BCUT2D eigenvalue weighted by Crippen LogP contribution is 2.19. The minimum absolute atomic E-state index is 0.00444. The molecule has 1 N–H and O–H groups in total. The summed E-state index contributed by atoms with van der Waals surface area (Å²) in [5.41, 5.74) is -0.00444. The van der Waals surface area contributed by atoms with E-state index in [1.165, 1.54) is 18.3 Å². The third-order valence-corrected chi connectivity index (χ3v) is 1.92. The molecule has 1 aromatic heterocycles. The Labute approximate surface area is 102 Å². The van der Waals surface area contributed by atoms with Gasteiger partial charge in [0.2, 0.25) is 5.88 Å². The molecule has 0 bridgehead atoms. The molecule has 0 atom stereocenters. The van der Waals surface area contributed by atoms with Crippen molar-refractivity contribution in [2.45, 2.75) is 19.5 Å². The number of nitrogens with one attached hydrogen (secondary N) is 1. The quantitative estimate of drug-likeness (QED) is 0.884. The Balaban J connectivity index is 2.76. The summed E-state index contributed by atoms with van der Waals surface area (Å²) in [5.74, 6) is -0.814. The Kier molecular flexibility index (Phi) is 4.94. The average Bonchev–Trinajstić information content (AvgIpc) is 2.33. The lowest BCUT2D eigenvalue weighted by Gasteiger charge is -2.11. The first kappa shape index (κ1) is 14.3. The lowest BCUT2D eigenvalue weighted by Crippen LogP contribution is -2.26. The number of alkyl halides is 3. The van der Waals surface area contributed by atoms with Crippen molar-refractivity contribution in [1.29, 1.82) is 0 Å². The number of carbonyl (C=O) groups is 1. The van der Waals surface area contributed by atoms with Gasteiger partial charge >= 0.3 is 6.18 Å². The second-order valence-corrected chi connectivity index (χ2v) is 3.52. The van der Waals surface area contributed by atoms with Gasteiger partial charge in [-0.1, -0.05) is 6.92 Å². The van der Waals surface area contributed by atoms with Crippen molar-refractivity contribution < 1.29 is 22.7 Å². The zero-order valence-electron chi connectivity index (χ0n) is 9.75. The molecule has 4 nitrogen and oxygen atoms in total. The molecule has 0 aliphatic carbocycles. The standard InChI is InChI=1S/C11H13F3N2O2/c1-2-5-15-9(17)8-4-3-6-16-10(8)18-7-11(12,13)14/h3-4,6H,2,5,7H2,1H3,(H,15,17). The largest absolute Gasteiger partial charge is 0.467 e. The number of ether oxygens (including phenoxy) is 1. The summed E-state index contributed by atoms with van der Waals surface area (Å²) in [7, 11) is 0. The zero-order chi connectivity index (χ0) is 13.6. The Hall–Kier alpha value is -1.79. The van der Waals surface area contributed by atoms with Crippen molar-refractivity contribution in [3.63, 3.8) is 0 Å². The molecular weight excluding hydrogens is 249 g/mol. The number of pyridine rings is 1. The lowest BCUT2D eigenvalue weighted by atomic mass is 10.2. The van der Waals surface area contributed by atoms with Crippen LogP contribution in [0.5, 0.6) is 5.88 Å². The smallest absolute Gasteiger partial charge is 0.422 e. The molecule has 0 spiro atoms. The molecule has 100 valence electrons. The minimum atomic E-state index is -4.46. The van der Waals surface area contributed by atoms with E-state index in [0.717, 1.165) is 6.42 Å². The molecule has 1 rings (SSSR count). The normalized spacial score (nSPS) is 11.1. The fraction of sp³-hybridized carbons (Fsp3) is 0.455. The van der Waals surface area contributed by atoms with Crippen LogP contribution in [-0.4, -0.2) is 30.2 Å². The third kappa shape index (κ3) is 4.60. The van der Waals surface area contributed by atoms with Crippen LogP contribution in [0.4, 0.5) is 13.2 Å². The molecule has 7 heteroatoms.